The second-order valence-corrected chi connectivity index (χ2v) is 9.98. The summed E-state index contributed by atoms with van der Waals surface area (Å²) in [4.78, 5) is 33.9. The first-order valence-electron chi connectivity index (χ1n) is 12.0. The zero-order chi connectivity index (χ0) is 24.1. The molecule has 1 fully saturated rings. The first kappa shape index (κ1) is 23.9. The van der Waals surface area contributed by atoms with Gasteiger partial charge < -0.3 is 10.2 Å². The number of carbonyl (C=O) groups is 2. The van der Waals surface area contributed by atoms with E-state index in [9.17, 15) is 9.59 Å². The normalized spacial score (nSPS) is 14.9. The average molecular weight is 459 g/mol. The second-order valence-electron chi connectivity index (χ2n) is 9.98. The minimum atomic E-state index is -0.137. The van der Waals surface area contributed by atoms with Gasteiger partial charge in [-0.3, -0.25) is 19.5 Å². The molecule has 0 bridgehead atoms. The van der Waals surface area contributed by atoms with Gasteiger partial charge in [-0.25, -0.2) is 0 Å². The minimum absolute atomic E-state index is 0.0528. The van der Waals surface area contributed by atoms with E-state index in [1.54, 1.807) is 0 Å². The van der Waals surface area contributed by atoms with Gasteiger partial charge in [-0.15, -0.1) is 0 Å². The maximum atomic E-state index is 12.7. The first-order valence-corrected chi connectivity index (χ1v) is 12.0. The molecule has 1 saturated heterocycles. The highest BCUT2D eigenvalue weighted by Gasteiger charge is 2.22. The van der Waals surface area contributed by atoms with Crippen LogP contribution in [0, 0.1) is 0 Å². The van der Waals surface area contributed by atoms with Gasteiger partial charge in [0.1, 0.15) is 0 Å². The standard InChI is InChI=1S/C28H34N4O2/c1-28(2,3)24-11-9-22(10-12-24)27(34)30-15-13-25(33)32-18-16-31(17-19-32)20-23-7-4-6-21-8-5-14-29-26(21)23/h4-12,14H,13,15-20H2,1-3H3,(H,30,34). The van der Waals surface area contributed by atoms with Gasteiger partial charge in [-0.05, 0) is 34.7 Å². The van der Waals surface area contributed by atoms with Crippen molar-refractivity contribution < 1.29 is 9.59 Å². The number of rotatable bonds is 6. The molecule has 1 N–H and O–H groups in total. The van der Waals surface area contributed by atoms with Crippen molar-refractivity contribution in [1.29, 1.82) is 0 Å². The number of benzene rings is 2. The van der Waals surface area contributed by atoms with Gasteiger partial charge in [-0.2, -0.15) is 0 Å². The molecular formula is C28H34N4O2. The van der Waals surface area contributed by atoms with E-state index in [-0.39, 0.29) is 17.2 Å². The molecule has 6 nitrogen and oxygen atoms in total. The highest BCUT2D eigenvalue weighted by molar-refractivity contribution is 5.94. The molecule has 3 aromatic rings. The lowest BCUT2D eigenvalue weighted by Crippen LogP contribution is -2.48. The number of hydrogen-bond acceptors (Lipinski definition) is 4. The van der Waals surface area contributed by atoms with Crippen LogP contribution in [0.2, 0.25) is 0 Å². The Balaban J connectivity index is 1.21. The molecule has 0 unspecified atom stereocenters. The number of hydrogen-bond donors (Lipinski definition) is 1. The number of para-hydroxylation sites is 1. The van der Waals surface area contributed by atoms with Crippen LogP contribution in [0.4, 0.5) is 0 Å². The van der Waals surface area contributed by atoms with E-state index in [1.165, 1.54) is 11.1 Å². The Bertz CT molecular complexity index is 1140. The van der Waals surface area contributed by atoms with E-state index in [0.717, 1.165) is 30.5 Å². The van der Waals surface area contributed by atoms with Crippen LogP contribution in [0.25, 0.3) is 10.9 Å². The van der Waals surface area contributed by atoms with Crippen LogP contribution in [-0.4, -0.2) is 59.3 Å². The number of amides is 2. The summed E-state index contributed by atoms with van der Waals surface area (Å²) in [5, 5.41) is 4.04. The van der Waals surface area contributed by atoms with Gasteiger partial charge in [0.05, 0.1) is 5.52 Å². The van der Waals surface area contributed by atoms with Crippen molar-refractivity contribution in [2.45, 2.75) is 39.2 Å². The topological polar surface area (TPSA) is 65.5 Å². The minimum Gasteiger partial charge on any atom is -0.352 e. The van der Waals surface area contributed by atoms with Crippen molar-refractivity contribution in [1.82, 2.24) is 20.1 Å². The molecule has 6 heteroatoms. The van der Waals surface area contributed by atoms with Crippen LogP contribution in [0.15, 0.2) is 60.8 Å². The zero-order valence-corrected chi connectivity index (χ0v) is 20.4. The number of pyridine rings is 1. The lowest BCUT2D eigenvalue weighted by Gasteiger charge is -2.35. The molecule has 0 spiro atoms. The fraction of sp³-hybridized carbons (Fsp3) is 0.393. The highest BCUT2D eigenvalue weighted by Crippen LogP contribution is 2.22. The molecule has 2 heterocycles. The van der Waals surface area contributed by atoms with Crippen LogP contribution in [0.5, 0.6) is 0 Å². The Morgan fingerprint density at radius 3 is 2.35 bits per heavy atom. The van der Waals surface area contributed by atoms with E-state index in [2.05, 4.69) is 60.2 Å². The van der Waals surface area contributed by atoms with E-state index < -0.39 is 0 Å². The Morgan fingerprint density at radius 2 is 1.65 bits per heavy atom. The lowest BCUT2D eigenvalue weighted by atomic mass is 9.87. The number of fused-ring (bicyclic) bond motifs is 1. The van der Waals surface area contributed by atoms with Gasteiger partial charge in [0.2, 0.25) is 5.91 Å². The number of piperazine rings is 1. The fourth-order valence-electron chi connectivity index (χ4n) is 4.36. The predicted octanol–water partition coefficient (Wildman–Crippen LogP) is 4.00. The molecule has 0 aliphatic carbocycles. The van der Waals surface area contributed by atoms with Gasteiger partial charge in [-0.1, -0.05) is 57.2 Å². The zero-order valence-electron chi connectivity index (χ0n) is 20.4. The lowest BCUT2D eigenvalue weighted by molar-refractivity contribution is -0.132. The molecule has 4 rings (SSSR count). The van der Waals surface area contributed by atoms with E-state index in [1.807, 2.05) is 41.4 Å². The Kier molecular flexibility index (Phi) is 7.27. The first-order chi connectivity index (χ1) is 16.3. The summed E-state index contributed by atoms with van der Waals surface area (Å²) in [5.41, 5.74) is 4.13. The second kappa shape index (κ2) is 10.3. The molecule has 2 aromatic carbocycles. The van der Waals surface area contributed by atoms with Crippen LogP contribution < -0.4 is 5.32 Å². The van der Waals surface area contributed by atoms with Crippen molar-refractivity contribution in [3.05, 3.63) is 77.5 Å². The van der Waals surface area contributed by atoms with Crippen LogP contribution in [0.1, 0.15) is 48.7 Å². The summed E-state index contributed by atoms with van der Waals surface area (Å²) in [7, 11) is 0. The van der Waals surface area contributed by atoms with Crippen molar-refractivity contribution in [2.24, 2.45) is 0 Å². The molecule has 1 aliphatic rings. The van der Waals surface area contributed by atoms with Crippen LogP contribution >= 0.6 is 0 Å². The maximum Gasteiger partial charge on any atom is 0.251 e. The Labute approximate surface area is 202 Å². The third-order valence-corrected chi connectivity index (χ3v) is 6.47. The fourth-order valence-corrected chi connectivity index (χ4v) is 4.36. The molecule has 2 amide bonds. The summed E-state index contributed by atoms with van der Waals surface area (Å²) >= 11 is 0. The molecule has 1 aromatic heterocycles. The van der Waals surface area contributed by atoms with Gasteiger partial charge in [0, 0.05) is 62.8 Å². The smallest absolute Gasteiger partial charge is 0.251 e. The van der Waals surface area contributed by atoms with E-state index in [4.69, 9.17) is 0 Å². The molecule has 0 radical (unpaired) electrons. The van der Waals surface area contributed by atoms with Crippen molar-refractivity contribution >= 4 is 22.7 Å². The van der Waals surface area contributed by atoms with Crippen LogP contribution in [-0.2, 0) is 16.8 Å². The van der Waals surface area contributed by atoms with Gasteiger partial charge in [0.25, 0.3) is 5.91 Å². The number of aromatic nitrogens is 1. The van der Waals surface area contributed by atoms with Gasteiger partial charge in [0.15, 0.2) is 0 Å². The van der Waals surface area contributed by atoms with E-state index >= 15 is 0 Å². The molecular weight excluding hydrogens is 424 g/mol. The van der Waals surface area contributed by atoms with Gasteiger partial charge >= 0.3 is 0 Å². The monoisotopic (exact) mass is 458 g/mol. The summed E-state index contributed by atoms with van der Waals surface area (Å²) in [6.45, 7) is 10.7. The third-order valence-electron chi connectivity index (χ3n) is 6.47. The average Bonchev–Trinajstić information content (AvgIpc) is 2.84. The summed E-state index contributed by atoms with van der Waals surface area (Å²) < 4.78 is 0. The molecule has 1 aliphatic heterocycles. The molecule has 0 atom stereocenters. The van der Waals surface area contributed by atoms with E-state index in [0.29, 0.717) is 31.6 Å². The molecule has 34 heavy (non-hydrogen) atoms. The number of carbonyl (C=O) groups excluding carboxylic acids is 2. The number of nitrogens with zero attached hydrogens (tertiary/aromatic N) is 3. The maximum absolute atomic E-state index is 12.7. The largest absolute Gasteiger partial charge is 0.352 e. The summed E-state index contributed by atoms with van der Waals surface area (Å²) in [5.74, 6) is -0.0448. The van der Waals surface area contributed by atoms with Crippen molar-refractivity contribution in [3.63, 3.8) is 0 Å². The molecule has 178 valence electrons. The van der Waals surface area contributed by atoms with Crippen molar-refractivity contribution in [3.8, 4) is 0 Å². The third kappa shape index (κ3) is 5.81. The SMILES string of the molecule is CC(C)(C)c1ccc(C(=O)NCCC(=O)N2CCN(Cc3cccc4cccnc34)CC2)cc1. The van der Waals surface area contributed by atoms with Crippen LogP contribution in [0.3, 0.4) is 0 Å². The quantitative estimate of drug-likeness (QED) is 0.607. The summed E-state index contributed by atoms with van der Waals surface area (Å²) in [6.07, 6.45) is 2.15. The number of nitrogens with one attached hydrogen (secondary N) is 1. The predicted molar refractivity (Wildman–Crippen MR) is 136 cm³/mol. The Morgan fingerprint density at radius 1 is 0.941 bits per heavy atom. The summed E-state index contributed by atoms with van der Waals surface area (Å²) in [6, 6.07) is 18.0. The molecule has 0 saturated carbocycles. The van der Waals surface area contributed by atoms with Crippen molar-refractivity contribution in [2.75, 3.05) is 32.7 Å². The highest BCUT2D eigenvalue weighted by atomic mass is 16.2. The Hall–Kier alpha value is -3.25.